The number of hydrogen-bond donors (Lipinski definition) is 3. The highest BCUT2D eigenvalue weighted by molar-refractivity contribution is 5.94. The molecule has 1 heterocycles. The molecule has 1 aromatic carbocycles. The van der Waals surface area contributed by atoms with Gasteiger partial charge >= 0.3 is 5.97 Å². The SMILES string of the molecule is CC(C)(CO)Oc1ccc2[nH]c(C(=O)O)cc2c1.CC(C)C. The van der Waals surface area contributed by atoms with Gasteiger partial charge in [-0.1, -0.05) is 20.8 Å². The van der Waals surface area contributed by atoms with E-state index in [-0.39, 0.29) is 12.3 Å². The van der Waals surface area contributed by atoms with E-state index in [1.807, 2.05) is 0 Å². The summed E-state index contributed by atoms with van der Waals surface area (Å²) in [7, 11) is 0. The summed E-state index contributed by atoms with van der Waals surface area (Å²) in [6, 6.07) is 6.79. The highest BCUT2D eigenvalue weighted by Crippen LogP contribution is 2.24. The van der Waals surface area contributed by atoms with Gasteiger partial charge < -0.3 is 19.9 Å². The molecule has 2 rings (SSSR count). The first-order valence-corrected chi connectivity index (χ1v) is 7.30. The summed E-state index contributed by atoms with van der Waals surface area (Å²) in [6.45, 7) is 9.95. The van der Waals surface area contributed by atoms with Crippen LogP contribution in [-0.4, -0.2) is 33.4 Å². The number of aromatic nitrogens is 1. The lowest BCUT2D eigenvalue weighted by Gasteiger charge is -2.23. The van der Waals surface area contributed by atoms with Gasteiger partial charge in [0, 0.05) is 10.9 Å². The van der Waals surface area contributed by atoms with Gasteiger partial charge in [-0.25, -0.2) is 4.79 Å². The van der Waals surface area contributed by atoms with E-state index in [1.165, 1.54) is 0 Å². The predicted molar refractivity (Wildman–Crippen MR) is 87.6 cm³/mol. The lowest BCUT2D eigenvalue weighted by atomic mass is 10.1. The van der Waals surface area contributed by atoms with Crippen LogP contribution in [0.2, 0.25) is 0 Å². The lowest BCUT2D eigenvalue weighted by Crippen LogP contribution is -2.32. The van der Waals surface area contributed by atoms with E-state index in [2.05, 4.69) is 25.8 Å². The third-order valence-electron chi connectivity index (χ3n) is 2.60. The standard InChI is InChI=1S/C13H15NO4.C4H10/c1-13(2,7-15)18-9-3-4-10-8(5-9)6-11(14-10)12(16)17;1-4(2)3/h3-6,14-15H,7H2,1-2H3,(H,16,17);4H,1-3H3. The van der Waals surface area contributed by atoms with Crippen molar-refractivity contribution in [1.29, 1.82) is 0 Å². The van der Waals surface area contributed by atoms with E-state index < -0.39 is 11.6 Å². The fourth-order valence-electron chi connectivity index (χ4n) is 1.64. The molecule has 0 aliphatic carbocycles. The van der Waals surface area contributed by atoms with Crippen LogP contribution in [0.4, 0.5) is 0 Å². The number of aromatic carboxylic acids is 1. The number of nitrogens with one attached hydrogen (secondary N) is 1. The highest BCUT2D eigenvalue weighted by atomic mass is 16.5. The molecule has 122 valence electrons. The van der Waals surface area contributed by atoms with Crippen molar-refractivity contribution < 1.29 is 19.7 Å². The average molecular weight is 307 g/mol. The molecule has 0 atom stereocenters. The summed E-state index contributed by atoms with van der Waals surface area (Å²) < 4.78 is 5.62. The fraction of sp³-hybridized carbons (Fsp3) is 0.471. The van der Waals surface area contributed by atoms with Gasteiger partial charge in [0.25, 0.3) is 0 Å². The number of H-pyrrole nitrogens is 1. The molecule has 0 bridgehead atoms. The minimum Gasteiger partial charge on any atom is -0.485 e. The maximum absolute atomic E-state index is 10.8. The number of benzene rings is 1. The summed E-state index contributed by atoms with van der Waals surface area (Å²) in [6.07, 6.45) is 0. The van der Waals surface area contributed by atoms with E-state index in [0.717, 1.165) is 16.8 Å². The first-order chi connectivity index (χ1) is 10.1. The van der Waals surface area contributed by atoms with Crippen molar-refractivity contribution >= 4 is 16.9 Å². The molecule has 0 spiro atoms. The molecule has 0 unspecified atom stereocenters. The Morgan fingerprint density at radius 3 is 2.36 bits per heavy atom. The highest BCUT2D eigenvalue weighted by Gasteiger charge is 2.18. The minimum absolute atomic E-state index is 0.0987. The second-order valence-electron chi connectivity index (χ2n) is 6.49. The van der Waals surface area contributed by atoms with Gasteiger partial charge in [-0.15, -0.1) is 0 Å². The number of ether oxygens (including phenoxy) is 1. The Hall–Kier alpha value is -2.01. The average Bonchev–Trinajstić information content (AvgIpc) is 2.81. The Kier molecular flexibility index (Phi) is 6.00. The van der Waals surface area contributed by atoms with E-state index >= 15 is 0 Å². The van der Waals surface area contributed by atoms with Gasteiger partial charge in [-0.3, -0.25) is 0 Å². The van der Waals surface area contributed by atoms with Crippen LogP contribution in [0.15, 0.2) is 24.3 Å². The normalized spacial score (nSPS) is 11.2. The number of aromatic amines is 1. The molecule has 2 aromatic rings. The topological polar surface area (TPSA) is 82.5 Å². The summed E-state index contributed by atoms with van der Waals surface area (Å²) in [4.78, 5) is 13.6. The number of rotatable bonds is 4. The predicted octanol–water partition coefficient (Wildman–Crippen LogP) is 3.68. The zero-order valence-electron chi connectivity index (χ0n) is 13.8. The molecular weight excluding hydrogens is 282 g/mol. The van der Waals surface area contributed by atoms with Crippen LogP contribution >= 0.6 is 0 Å². The van der Waals surface area contributed by atoms with Gasteiger partial charge in [0.1, 0.15) is 17.0 Å². The monoisotopic (exact) mass is 307 g/mol. The van der Waals surface area contributed by atoms with Crippen LogP contribution in [-0.2, 0) is 0 Å². The molecule has 5 nitrogen and oxygen atoms in total. The van der Waals surface area contributed by atoms with E-state index in [9.17, 15) is 4.79 Å². The number of fused-ring (bicyclic) bond motifs is 1. The summed E-state index contributed by atoms with van der Waals surface area (Å²) in [5.74, 6) is 0.432. The summed E-state index contributed by atoms with van der Waals surface area (Å²) >= 11 is 0. The Balaban J connectivity index is 0.000000541. The number of aliphatic hydroxyl groups is 1. The largest absolute Gasteiger partial charge is 0.485 e. The molecular formula is C17H25NO4. The third-order valence-corrected chi connectivity index (χ3v) is 2.60. The molecule has 22 heavy (non-hydrogen) atoms. The van der Waals surface area contributed by atoms with Gasteiger partial charge in [-0.05, 0) is 44.0 Å². The van der Waals surface area contributed by atoms with Crippen molar-refractivity contribution in [2.75, 3.05) is 6.61 Å². The van der Waals surface area contributed by atoms with Gasteiger partial charge in [0.05, 0.1) is 6.61 Å². The number of carboxylic acid groups (broad SMARTS) is 1. The molecule has 5 heteroatoms. The molecule has 0 saturated carbocycles. The van der Waals surface area contributed by atoms with Crippen LogP contribution in [0.1, 0.15) is 45.1 Å². The zero-order chi connectivity index (χ0) is 16.9. The van der Waals surface area contributed by atoms with Crippen LogP contribution in [0.3, 0.4) is 0 Å². The molecule has 0 amide bonds. The molecule has 3 N–H and O–H groups in total. The number of hydrogen-bond acceptors (Lipinski definition) is 3. The first-order valence-electron chi connectivity index (χ1n) is 7.30. The fourth-order valence-corrected chi connectivity index (χ4v) is 1.64. The van der Waals surface area contributed by atoms with Crippen LogP contribution in [0.25, 0.3) is 10.9 Å². The molecule has 0 fully saturated rings. The smallest absolute Gasteiger partial charge is 0.352 e. The van der Waals surface area contributed by atoms with Crippen LogP contribution < -0.4 is 4.74 Å². The maximum Gasteiger partial charge on any atom is 0.352 e. The van der Waals surface area contributed by atoms with E-state index in [0.29, 0.717) is 5.75 Å². The molecule has 0 saturated heterocycles. The van der Waals surface area contributed by atoms with E-state index in [1.54, 1.807) is 38.1 Å². The first kappa shape index (κ1) is 18.0. The van der Waals surface area contributed by atoms with Crippen molar-refractivity contribution in [2.24, 2.45) is 5.92 Å². The molecule has 0 aliphatic rings. The van der Waals surface area contributed by atoms with Crippen molar-refractivity contribution in [3.8, 4) is 5.75 Å². The summed E-state index contributed by atoms with van der Waals surface area (Å²) in [5.41, 5.74) is 0.213. The van der Waals surface area contributed by atoms with E-state index in [4.69, 9.17) is 14.9 Å². The number of carbonyl (C=O) groups is 1. The van der Waals surface area contributed by atoms with Crippen molar-refractivity contribution in [3.63, 3.8) is 0 Å². The number of carboxylic acids is 1. The Bertz CT molecular complexity index is 626. The van der Waals surface area contributed by atoms with Gasteiger partial charge in [-0.2, -0.15) is 0 Å². The zero-order valence-corrected chi connectivity index (χ0v) is 13.8. The lowest BCUT2D eigenvalue weighted by molar-refractivity contribution is 0.0414. The van der Waals surface area contributed by atoms with Crippen molar-refractivity contribution in [2.45, 2.75) is 40.2 Å². The number of aliphatic hydroxyl groups excluding tert-OH is 1. The Morgan fingerprint density at radius 2 is 1.86 bits per heavy atom. The second-order valence-corrected chi connectivity index (χ2v) is 6.49. The van der Waals surface area contributed by atoms with Crippen molar-refractivity contribution in [3.05, 3.63) is 30.0 Å². The minimum atomic E-state index is -0.996. The Morgan fingerprint density at radius 1 is 1.27 bits per heavy atom. The molecule has 1 aromatic heterocycles. The third kappa shape index (κ3) is 5.41. The quantitative estimate of drug-likeness (QED) is 0.804. The molecule has 0 radical (unpaired) electrons. The van der Waals surface area contributed by atoms with Crippen molar-refractivity contribution in [1.82, 2.24) is 4.98 Å². The summed E-state index contributed by atoms with van der Waals surface area (Å²) in [5, 5.41) is 18.8. The second kappa shape index (κ2) is 7.31. The maximum atomic E-state index is 10.8. The van der Waals surface area contributed by atoms with Gasteiger partial charge in [0.2, 0.25) is 0 Å². The Labute approximate surface area is 130 Å². The van der Waals surface area contributed by atoms with Crippen LogP contribution in [0, 0.1) is 5.92 Å². The van der Waals surface area contributed by atoms with Crippen LogP contribution in [0.5, 0.6) is 5.75 Å². The molecule has 0 aliphatic heterocycles. The van der Waals surface area contributed by atoms with Gasteiger partial charge in [0.15, 0.2) is 0 Å².